The second-order valence-electron chi connectivity index (χ2n) is 7.05. The van der Waals surface area contributed by atoms with E-state index in [0.29, 0.717) is 11.8 Å². The molecule has 1 saturated carbocycles. The molecular weight excluding hydrogens is 286 g/mol. The molecule has 0 atom stereocenters. The highest BCUT2D eigenvalue weighted by molar-refractivity contribution is 5.81. The Bertz CT molecular complexity index is 708. The molecule has 0 bridgehead atoms. The summed E-state index contributed by atoms with van der Waals surface area (Å²) < 4.78 is 2.17. The first-order valence-corrected chi connectivity index (χ1v) is 8.76. The highest BCUT2D eigenvalue weighted by atomic mass is 16.2. The van der Waals surface area contributed by atoms with E-state index in [1.54, 1.807) is 0 Å². The number of carbonyl (C=O) groups excluding carboxylic acids is 1. The third kappa shape index (κ3) is 2.88. The Morgan fingerprint density at radius 1 is 1.13 bits per heavy atom. The minimum atomic E-state index is 0.335. The van der Waals surface area contributed by atoms with E-state index < -0.39 is 0 Å². The molecule has 0 unspecified atom stereocenters. The van der Waals surface area contributed by atoms with Gasteiger partial charge in [0, 0.05) is 57.4 Å². The van der Waals surface area contributed by atoms with Gasteiger partial charge in [-0.3, -0.25) is 9.69 Å². The lowest BCUT2D eigenvalue weighted by Crippen LogP contribution is -2.50. The molecule has 0 radical (unpaired) electrons. The molecule has 2 heterocycles. The number of benzene rings is 1. The van der Waals surface area contributed by atoms with Crippen LogP contribution in [-0.4, -0.2) is 46.5 Å². The fourth-order valence-corrected chi connectivity index (χ4v) is 3.70. The van der Waals surface area contributed by atoms with E-state index in [0.717, 1.165) is 45.6 Å². The quantitative estimate of drug-likeness (QED) is 0.872. The molecule has 1 aromatic carbocycles. The van der Waals surface area contributed by atoms with Crippen LogP contribution in [0.4, 0.5) is 0 Å². The fourth-order valence-electron chi connectivity index (χ4n) is 3.70. The first kappa shape index (κ1) is 14.8. The number of hydrogen-bond acceptors (Lipinski definition) is 2. The zero-order valence-electron chi connectivity index (χ0n) is 13.9. The van der Waals surface area contributed by atoms with Gasteiger partial charge >= 0.3 is 0 Å². The van der Waals surface area contributed by atoms with Gasteiger partial charge in [-0.25, -0.2) is 0 Å². The van der Waals surface area contributed by atoms with Crippen molar-refractivity contribution in [3.8, 4) is 0 Å². The van der Waals surface area contributed by atoms with Crippen LogP contribution >= 0.6 is 0 Å². The molecule has 1 aromatic heterocycles. The summed E-state index contributed by atoms with van der Waals surface area (Å²) in [5, 5.41) is 1.30. The summed E-state index contributed by atoms with van der Waals surface area (Å²) in [5.41, 5.74) is 2.65. The van der Waals surface area contributed by atoms with Gasteiger partial charge in [-0.2, -0.15) is 0 Å². The smallest absolute Gasteiger partial charge is 0.225 e. The van der Waals surface area contributed by atoms with Crippen LogP contribution < -0.4 is 0 Å². The van der Waals surface area contributed by atoms with Crippen molar-refractivity contribution >= 4 is 16.8 Å². The summed E-state index contributed by atoms with van der Waals surface area (Å²) in [4.78, 5) is 16.9. The Hall–Kier alpha value is -1.81. The number of nitrogens with zero attached hydrogens (tertiary/aromatic N) is 3. The number of rotatable bonds is 3. The molecule has 122 valence electrons. The summed E-state index contributed by atoms with van der Waals surface area (Å²) in [6.07, 6.45) is 5.56. The van der Waals surface area contributed by atoms with Gasteiger partial charge in [0.05, 0.1) is 0 Å². The first-order chi connectivity index (χ1) is 11.2. The van der Waals surface area contributed by atoms with Crippen LogP contribution in [0, 0.1) is 5.92 Å². The molecule has 0 N–H and O–H groups in total. The van der Waals surface area contributed by atoms with Gasteiger partial charge in [-0.1, -0.05) is 18.6 Å². The largest absolute Gasteiger partial charge is 0.351 e. The molecule has 2 aliphatic rings. The van der Waals surface area contributed by atoms with Gasteiger partial charge < -0.3 is 9.47 Å². The van der Waals surface area contributed by atoms with Crippen molar-refractivity contribution in [3.05, 3.63) is 36.0 Å². The van der Waals surface area contributed by atoms with Crippen molar-refractivity contribution in [2.24, 2.45) is 13.0 Å². The van der Waals surface area contributed by atoms with E-state index in [9.17, 15) is 4.79 Å². The summed E-state index contributed by atoms with van der Waals surface area (Å²) in [7, 11) is 2.09. The second kappa shape index (κ2) is 6.00. The zero-order chi connectivity index (χ0) is 15.8. The number of hydrogen-bond donors (Lipinski definition) is 0. The second-order valence-corrected chi connectivity index (χ2v) is 7.05. The third-order valence-electron chi connectivity index (χ3n) is 5.50. The molecule has 2 fully saturated rings. The van der Waals surface area contributed by atoms with Crippen molar-refractivity contribution < 1.29 is 4.79 Å². The monoisotopic (exact) mass is 311 g/mol. The predicted molar refractivity (Wildman–Crippen MR) is 92.1 cm³/mol. The summed E-state index contributed by atoms with van der Waals surface area (Å²) in [6, 6.07) is 8.89. The lowest BCUT2D eigenvalue weighted by molar-refractivity contribution is -0.140. The van der Waals surface area contributed by atoms with Crippen LogP contribution in [0.2, 0.25) is 0 Å². The molecular formula is C19H25N3O. The van der Waals surface area contributed by atoms with Gasteiger partial charge in [0.25, 0.3) is 0 Å². The molecule has 0 spiro atoms. The maximum atomic E-state index is 12.3. The normalized spacial score (nSPS) is 20.0. The highest BCUT2D eigenvalue weighted by Crippen LogP contribution is 2.28. The first-order valence-electron chi connectivity index (χ1n) is 8.76. The predicted octanol–water partition coefficient (Wildman–Crippen LogP) is 2.62. The average molecular weight is 311 g/mol. The Morgan fingerprint density at radius 2 is 1.91 bits per heavy atom. The number of aryl methyl sites for hydroxylation is 1. The van der Waals surface area contributed by atoms with Crippen LogP contribution in [0.25, 0.3) is 10.9 Å². The van der Waals surface area contributed by atoms with Crippen molar-refractivity contribution in [2.45, 2.75) is 25.8 Å². The van der Waals surface area contributed by atoms with Crippen molar-refractivity contribution in [2.75, 3.05) is 26.2 Å². The summed E-state index contributed by atoms with van der Waals surface area (Å²) >= 11 is 0. The van der Waals surface area contributed by atoms with Gasteiger partial charge in [0.2, 0.25) is 5.91 Å². The van der Waals surface area contributed by atoms with E-state index in [-0.39, 0.29) is 0 Å². The molecule has 4 heteroatoms. The van der Waals surface area contributed by atoms with Crippen LogP contribution in [0.1, 0.15) is 24.8 Å². The third-order valence-corrected chi connectivity index (χ3v) is 5.50. The summed E-state index contributed by atoms with van der Waals surface area (Å²) in [5.74, 6) is 0.738. The van der Waals surface area contributed by atoms with Gasteiger partial charge in [-0.05, 0) is 35.9 Å². The molecule has 1 aliphatic heterocycles. The minimum Gasteiger partial charge on any atom is -0.351 e. The Kier molecular flexibility index (Phi) is 3.85. The number of carbonyl (C=O) groups is 1. The van der Waals surface area contributed by atoms with Gasteiger partial charge in [0.15, 0.2) is 0 Å². The number of piperazine rings is 1. The number of aromatic nitrogens is 1. The van der Waals surface area contributed by atoms with E-state index >= 15 is 0 Å². The van der Waals surface area contributed by atoms with Crippen LogP contribution in [0.5, 0.6) is 0 Å². The van der Waals surface area contributed by atoms with Crippen molar-refractivity contribution in [1.29, 1.82) is 0 Å². The minimum absolute atomic E-state index is 0.335. The standard InChI is InChI=1S/C19H25N3O/c1-20-8-7-16-6-5-15(13-18(16)20)14-21-9-11-22(12-10-21)19(23)17-3-2-4-17/h5-8,13,17H,2-4,9-12,14H2,1H3. The molecule has 2 aromatic rings. The molecule has 1 amide bonds. The molecule has 1 aliphatic carbocycles. The van der Waals surface area contributed by atoms with Crippen LogP contribution in [0.3, 0.4) is 0 Å². The Labute approximate surface area is 137 Å². The molecule has 1 saturated heterocycles. The van der Waals surface area contributed by atoms with Crippen LogP contribution in [0.15, 0.2) is 30.5 Å². The lowest BCUT2D eigenvalue weighted by Gasteiger charge is -2.38. The maximum absolute atomic E-state index is 12.3. The molecule has 4 nitrogen and oxygen atoms in total. The van der Waals surface area contributed by atoms with Gasteiger partial charge in [0.1, 0.15) is 0 Å². The topological polar surface area (TPSA) is 28.5 Å². The number of amides is 1. The fraction of sp³-hybridized carbons (Fsp3) is 0.526. The lowest BCUT2D eigenvalue weighted by atomic mass is 9.84. The average Bonchev–Trinajstić information content (AvgIpc) is 2.87. The Balaban J connectivity index is 1.36. The highest BCUT2D eigenvalue weighted by Gasteiger charge is 2.31. The van der Waals surface area contributed by atoms with Gasteiger partial charge in [-0.15, -0.1) is 0 Å². The Morgan fingerprint density at radius 3 is 2.61 bits per heavy atom. The van der Waals surface area contributed by atoms with E-state index in [2.05, 4.69) is 51.9 Å². The van der Waals surface area contributed by atoms with Crippen molar-refractivity contribution in [1.82, 2.24) is 14.4 Å². The maximum Gasteiger partial charge on any atom is 0.225 e. The SMILES string of the molecule is Cn1ccc2ccc(CN3CCN(C(=O)C4CCC4)CC3)cc21. The van der Waals surface area contributed by atoms with E-state index in [1.807, 2.05) is 0 Å². The molecule has 4 rings (SSSR count). The van der Waals surface area contributed by atoms with Crippen molar-refractivity contribution in [3.63, 3.8) is 0 Å². The van der Waals surface area contributed by atoms with E-state index in [4.69, 9.17) is 0 Å². The van der Waals surface area contributed by atoms with E-state index in [1.165, 1.54) is 22.9 Å². The molecule has 23 heavy (non-hydrogen) atoms. The van der Waals surface area contributed by atoms with Crippen LogP contribution in [-0.2, 0) is 18.4 Å². The summed E-state index contributed by atoms with van der Waals surface area (Å²) in [6.45, 7) is 4.74. The zero-order valence-corrected chi connectivity index (χ0v) is 13.9. The number of fused-ring (bicyclic) bond motifs is 1.